The molecule has 1 aliphatic rings. The quantitative estimate of drug-likeness (QED) is 0.562. The summed E-state index contributed by atoms with van der Waals surface area (Å²) in [5.74, 6) is 0. The van der Waals surface area contributed by atoms with Gasteiger partial charge in [0.15, 0.2) is 0 Å². The Balaban J connectivity index is 2.37. The molecular formula is C7H14ClN. The SMILES string of the molecule is CC1(NCl)CCCCC1. The van der Waals surface area contributed by atoms with Crippen LogP contribution in [0, 0.1) is 0 Å². The minimum Gasteiger partial charge on any atom is -0.228 e. The zero-order valence-electron chi connectivity index (χ0n) is 5.91. The van der Waals surface area contributed by atoms with Gasteiger partial charge in [-0.2, -0.15) is 0 Å². The van der Waals surface area contributed by atoms with E-state index >= 15 is 0 Å². The van der Waals surface area contributed by atoms with Crippen molar-refractivity contribution in [3.05, 3.63) is 0 Å². The van der Waals surface area contributed by atoms with Crippen LogP contribution in [0.5, 0.6) is 0 Å². The van der Waals surface area contributed by atoms with Gasteiger partial charge in [-0.1, -0.05) is 19.3 Å². The lowest BCUT2D eigenvalue weighted by Gasteiger charge is -2.31. The van der Waals surface area contributed by atoms with Crippen molar-refractivity contribution in [3.8, 4) is 0 Å². The van der Waals surface area contributed by atoms with E-state index in [0.717, 1.165) is 0 Å². The Labute approximate surface area is 61.9 Å². The predicted molar refractivity (Wildman–Crippen MR) is 40.5 cm³/mol. The summed E-state index contributed by atoms with van der Waals surface area (Å²) in [6.07, 6.45) is 6.51. The van der Waals surface area contributed by atoms with Gasteiger partial charge in [0.25, 0.3) is 0 Å². The Morgan fingerprint density at radius 3 is 2.11 bits per heavy atom. The summed E-state index contributed by atoms with van der Waals surface area (Å²) in [6.45, 7) is 2.19. The fourth-order valence-corrected chi connectivity index (χ4v) is 1.62. The van der Waals surface area contributed by atoms with Gasteiger partial charge in [-0.3, -0.25) is 0 Å². The molecular weight excluding hydrogens is 134 g/mol. The van der Waals surface area contributed by atoms with E-state index in [1.807, 2.05) is 0 Å². The summed E-state index contributed by atoms with van der Waals surface area (Å²) in [6, 6.07) is 0. The van der Waals surface area contributed by atoms with Crippen molar-refractivity contribution in [3.63, 3.8) is 0 Å². The van der Waals surface area contributed by atoms with Gasteiger partial charge in [0, 0.05) is 5.54 Å². The van der Waals surface area contributed by atoms with E-state index in [1.165, 1.54) is 32.1 Å². The molecule has 0 aliphatic heterocycles. The summed E-state index contributed by atoms with van der Waals surface area (Å²) in [7, 11) is 0. The van der Waals surface area contributed by atoms with Crippen LogP contribution in [0.25, 0.3) is 0 Å². The third-order valence-corrected chi connectivity index (χ3v) is 2.64. The van der Waals surface area contributed by atoms with E-state index in [1.54, 1.807) is 0 Å². The lowest BCUT2D eigenvalue weighted by molar-refractivity contribution is 0.298. The maximum absolute atomic E-state index is 5.57. The van der Waals surface area contributed by atoms with Crippen LogP contribution in [0.15, 0.2) is 0 Å². The molecule has 0 bridgehead atoms. The maximum atomic E-state index is 5.57. The maximum Gasteiger partial charge on any atom is 0.0303 e. The van der Waals surface area contributed by atoms with E-state index in [9.17, 15) is 0 Å². The first-order valence-electron chi connectivity index (χ1n) is 3.65. The molecule has 1 N–H and O–H groups in total. The molecule has 0 aromatic carbocycles. The highest BCUT2D eigenvalue weighted by Gasteiger charge is 2.24. The van der Waals surface area contributed by atoms with Crippen molar-refractivity contribution >= 4 is 11.8 Å². The van der Waals surface area contributed by atoms with Crippen LogP contribution in [0.1, 0.15) is 39.0 Å². The number of nitrogens with one attached hydrogen (secondary N) is 1. The van der Waals surface area contributed by atoms with E-state index in [0.29, 0.717) is 0 Å². The molecule has 0 heterocycles. The number of halogens is 1. The molecule has 0 radical (unpaired) electrons. The molecule has 0 saturated heterocycles. The van der Waals surface area contributed by atoms with Crippen LogP contribution in [-0.4, -0.2) is 5.54 Å². The van der Waals surface area contributed by atoms with Crippen molar-refractivity contribution in [2.24, 2.45) is 0 Å². The van der Waals surface area contributed by atoms with Crippen LogP contribution < -0.4 is 4.84 Å². The van der Waals surface area contributed by atoms with Gasteiger partial charge in [0.1, 0.15) is 0 Å². The fourth-order valence-electron chi connectivity index (χ4n) is 1.43. The zero-order valence-corrected chi connectivity index (χ0v) is 6.67. The summed E-state index contributed by atoms with van der Waals surface area (Å²) < 4.78 is 0. The minimum atomic E-state index is 0.236. The second-order valence-corrected chi connectivity index (χ2v) is 3.40. The van der Waals surface area contributed by atoms with Gasteiger partial charge < -0.3 is 0 Å². The standard InChI is InChI=1S/C7H14ClN/c1-7(9-8)5-3-2-4-6-7/h9H,2-6H2,1H3. The molecule has 0 amide bonds. The molecule has 54 valence electrons. The van der Waals surface area contributed by atoms with Gasteiger partial charge in [0.05, 0.1) is 0 Å². The smallest absolute Gasteiger partial charge is 0.0303 e. The summed E-state index contributed by atoms with van der Waals surface area (Å²) in [5.41, 5.74) is 0.236. The molecule has 9 heavy (non-hydrogen) atoms. The second-order valence-electron chi connectivity index (χ2n) is 3.22. The Hall–Kier alpha value is 0.250. The normalized spacial score (nSPS) is 26.0. The monoisotopic (exact) mass is 147 g/mol. The number of hydrogen-bond donors (Lipinski definition) is 1. The van der Waals surface area contributed by atoms with Gasteiger partial charge >= 0.3 is 0 Å². The Morgan fingerprint density at radius 1 is 1.22 bits per heavy atom. The molecule has 1 saturated carbocycles. The molecule has 0 aromatic rings. The van der Waals surface area contributed by atoms with Crippen LogP contribution >= 0.6 is 11.8 Å². The molecule has 0 unspecified atom stereocenters. The van der Waals surface area contributed by atoms with E-state index in [4.69, 9.17) is 11.8 Å². The molecule has 1 aliphatic carbocycles. The van der Waals surface area contributed by atoms with E-state index < -0.39 is 0 Å². The van der Waals surface area contributed by atoms with Gasteiger partial charge in [-0.25, -0.2) is 4.84 Å². The van der Waals surface area contributed by atoms with Crippen molar-refractivity contribution in [2.75, 3.05) is 0 Å². The topological polar surface area (TPSA) is 12.0 Å². The first-order chi connectivity index (χ1) is 4.27. The van der Waals surface area contributed by atoms with Crippen LogP contribution in [0.3, 0.4) is 0 Å². The molecule has 0 atom stereocenters. The van der Waals surface area contributed by atoms with Gasteiger partial charge in [-0.15, -0.1) is 0 Å². The largest absolute Gasteiger partial charge is 0.228 e. The number of rotatable bonds is 1. The molecule has 1 rings (SSSR count). The lowest BCUT2D eigenvalue weighted by atomic mass is 9.84. The summed E-state index contributed by atoms with van der Waals surface area (Å²) in [5, 5.41) is 0. The van der Waals surface area contributed by atoms with Crippen LogP contribution in [0.2, 0.25) is 0 Å². The van der Waals surface area contributed by atoms with Crippen molar-refractivity contribution in [1.82, 2.24) is 4.84 Å². The van der Waals surface area contributed by atoms with E-state index in [2.05, 4.69) is 11.8 Å². The highest BCUT2D eigenvalue weighted by Crippen LogP contribution is 2.27. The average Bonchev–Trinajstić information content (AvgIpc) is 1.90. The highest BCUT2D eigenvalue weighted by atomic mass is 35.5. The molecule has 1 nitrogen and oxygen atoms in total. The highest BCUT2D eigenvalue weighted by molar-refractivity contribution is 6.13. The third-order valence-electron chi connectivity index (χ3n) is 2.19. The van der Waals surface area contributed by atoms with Gasteiger partial charge in [-0.05, 0) is 31.5 Å². The summed E-state index contributed by atoms with van der Waals surface area (Å²) >= 11 is 5.57. The average molecular weight is 148 g/mol. The first-order valence-corrected chi connectivity index (χ1v) is 4.02. The fraction of sp³-hybridized carbons (Fsp3) is 1.00. The first kappa shape index (κ1) is 7.36. The molecule has 1 fully saturated rings. The third kappa shape index (κ3) is 1.84. The number of hydrogen-bond acceptors (Lipinski definition) is 1. The summed E-state index contributed by atoms with van der Waals surface area (Å²) in [4.78, 5) is 2.85. The van der Waals surface area contributed by atoms with Gasteiger partial charge in [0.2, 0.25) is 0 Å². The van der Waals surface area contributed by atoms with Crippen LogP contribution in [-0.2, 0) is 0 Å². The Bertz CT molecular complexity index is 86.9. The molecule has 2 heteroatoms. The van der Waals surface area contributed by atoms with Crippen molar-refractivity contribution < 1.29 is 0 Å². The minimum absolute atomic E-state index is 0.236. The lowest BCUT2D eigenvalue weighted by Crippen LogP contribution is -2.38. The van der Waals surface area contributed by atoms with Crippen molar-refractivity contribution in [1.29, 1.82) is 0 Å². The van der Waals surface area contributed by atoms with Crippen LogP contribution in [0.4, 0.5) is 0 Å². The molecule has 0 spiro atoms. The Morgan fingerprint density at radius 2 is 1.78 bits per heavy atom. The van der Waals surface area contributed by atoms with E-state index in [-0.39, 0.29) is 5.54 Å². The molecule has 0 aromatic heterocycles. The second kappa shape index (κ2) is 2.89. The Kier molecular flexibility index (Phi) is 2.36. The zero-order chi connectivity index (χ0) is 6.74. The predicted octanol–water partition coefficient (Wildman–Crippen LogP) is 2.45. The van der Waals surface area contributed by atoms with Crippen molar-refractivity contribution in [2.45, 2.75) is 44.6 Å².